The molecular weight excluding hydrogens is 290 g/mol. The molecule has 0 radical (unpaired) electrons. The van der Waals surface area contributed by atoms with Crippen LogP contribution in [0.5, 0.6) is 0 Å². The van der Waals surface area contributed by atoms with Gasteiger partial charge in [-0.05, 0) is 37.4 Å². The van der Waals surface area contributed by atoms with Crippen LogP contribution < -0.4 is 0 Å². The SMILES string of the molecule is CCN(CC(C)(C)O)C(=O)Cn1nnc(-c2cccs2)n1. The lowest BCUT2D eigenvalue weighted by Gasteiger charge is -2.27. The molecule has 0 spiro atoms. The summed E-state index contributed by atoms with van der Waals surface area (Å²) < 4.78 is 0. The van der Waals surface area contributed by atoms with E-state index in [1.807, 2.05) is 24.4 Å². The quantitative estimate of drug-likeness (QED) is 0.861. The van der Waals surface area contributed by atoms with Gasteiger partial charge in [0.25, 0.3) is 0 Å². The molecule has 2 heterocycles. The summed E-state index contributed by atoms with van der Waals surface area (Å²) in [7, 11) is 0. The van der Waals surface area contributed by atoms with E-state index in [9.17, 15) is 9.90 Å². The lowest BCUT2D eigenvalue weighted by Crippen LogP contribution is -2.43. The molecule has 0 saturated heterocycles. The van der Waals surface area contributed by atoms with Crippen molar-refractivity contribution in [1.29, 1.82) is 0 Å². The Labute approximate surface area is 127 Å². The van der Waals surface area contributed by atoms with Crippen molar-refractivity contribution < 1.29 is 9.90 Å². The number of aromatic nitrogens is 4. The number of amides is 1. The predicted octanol–water partition coefficient (Wildman–Crippen LogP) is 1.02. The summed E-state index contributed by atoms with van der Waals surface area (Å²) in [6.07, 6.45) is 0. The van der Waals surface area contributed by atoms with E-state index in [1.165, 1.54) is 16.1 Å². The van der Waals surface area contributed by atoms with Crippen molar-refractivity contribution in [2.24, 2.45) is 0 Å². The Morgan fingerprint density at radius 1 is 1.52 bits per heavy atom. The van der Waals surface area contributed by atoms with Crippen LogP contribution in [-0.4, -0.2) is 54.8 Å². The van der Waals surface area contributed by atoms with Crippen LogP contribution in [0.2, 0.25) is 0 Å². The van der Waals surface area contributed by atoms with Gasteiger partial charge in [0, 0.05) is 13.1 Å². The maximum absolute atomic E-state index is 12.2. The first-order chi connectivity index (χ1) is 9.89. The van der Waals surface area contributed by atoms with Crippen molar-refractivity contribution in [2.45, 2.75) is 32.9 Å². The van der Waals surface area contributed by atoms with Gasteiger partial charge in [0.05, 0.1) is 10.5 Å². The van der Waals surface area contributed by atoms with E-state index in [2.05, 4.69) is 15.4 Å². The van der Waals surface area contributed by atoms with E-state index >= 15 is 0 Å². The predicted molar refractivity (Wildman–Crippen MR) is 79.7 cm³/mol. The van der Waals surface area contributed by atoms with Crippen molar-refractivity contribution >= 4 is 17.2 Å². The molecule has 0 aliphatic heterocycles. The molecule has 0 aliphatic rings. The Kier molecular flexibility index (Phi) is 4.69. The first-order valence-corrected chi connectivity index (χ1v) is 7.59. The monoisotopic (exact) mass is 309 g/mol. The van der Waals surface area contributed by atoms with Crippen LogP contribution in [0.15, 0.2) is 17.5 Å². The van der Waals surface area contributed by atoms with E-state index in [4.69, 9.17) is 0 Å². The van der Waals surface area contributed by atoms with Gasteiger partial charge < -0.3 is 10.0 Å². The molecule has 114 valence electrons. The summed E-state index contributed by atoms with van der Waals surface area (Å²) in [6, 6.07) is 3.81. The van der Waals surface area contributed by atoms with Gasteiger partial charge in [0.1, 0.15) is 6.54 Å². The highest BCUT2D eigenvalue weighted by Crippen LogP contribution is 2.19. The van der Waals surface area contributed by atoms with Gasteiger partial charge in [-0.25, -0.2) is 0 Å². The maximum Gasteiger partial charge on any atom is 0.246 e. The number of hydrogen-bond acceptors (Lipinski definition) is 6. The third kappa shape index (κ3) is 4.33. The Balaban J connectivity index is 2.02. The highest BCUT2D eigenvalue weighted by Gasteiger charge is 2.22. The second-order valence-electron chi connectivity index (χ2n) is 5.34. The van der Waals surface area contributed by atoms with Crippen LogP contribution in [0.4, 0.5) is 0 Å². The summed E-state index contributed by atoms with van der Waals surface area (Å²) in [4.78, 5) is 16.0. The number of carbonyl (C=O) groups excluding carboxylic acids is 1. The number of tetrazole rings is 1. The Morgan fingerprint density at radius 2 is 2.29 bits per heavy atom. The van der Waals surface area contributed by atoms with E-state index in [-0.39, 0.29) is 19.0 Å². The van der Waals surface area contributed by atoms with E-state index in [0.717, 1.165) is 4.88 Å². The zero-order valence-corrected chi connectivity index (χ0v) is 13.2. The molecule has 2 aromatic rings. The normalized spacial score (nSPS) is 11.6. The molecule has 0 unspecified atom stereocenters. The van der Waals surface area contributed by atoms with Crippen LogP contribution in [-0.2, 0) is 11.3 Å². The van der Waals surface area contributed by atoms with E-state index in [0.29, 0.717) is 12.4 Å². The highest BCUT2D eigenvalue weighted by atomic mass is 32.1. The molecule has 0 fully saturated rings. The molecule has 0 aromatic carbocycles. The Bertz CT molecular complexity index is 588. The van der Waals surface area contributed by atoms with Gasteiger partial charge in [-0.3, -0.25) is 4.79 Å². The van der Waals surface area contributed by atoms with E-state index < -0.39 is 5.60 Å². The second-order valence-corrected chi connectivity index (χ2v) is 6.29. The molecule has 1 N–H and O–H groups in total. The van der Waals surface area contributed by atoms with Gasteiger partial charge in [-0.2, -0.15) is 4.80 Å². The average Bonchev–Trinajstić information content (AvgIpc) is 3.04. The summed E-state index contributed by atoms with van der Waals surface area (Å²) in [5, 5.41) is 23.8. The van der Waals surface area contributed by atoms with Crippen molar-refractivity contribution in [3.8, 4) is 10.7 Å². The first kappa shape index (κ1) is 15.6. The van der Waals surface area contributed by atoms with Crippen molar-refractivity contribution in [1.82, 2.24) is 25.1 Å². The Morgan fingerprint density at radius 3 is 2.86 bits per heavy atom. The van der Waals surface area contributed by atoms with Crippen LogP contribution >= 0.6 is 11.3 Å². The van der Waals surface area contributed by atoms with Crippen LogP contribution in [0, 0.1) is 0 Å². The van der Waals surface area contributed by atoms with Gasteiger partial charge >= 0.3 is 0 Å². The third-order valence-corrected chi connectivity index (χ3v) is 3.65. The summed E-state index contributed by atoms with van der Waals surface area (Å²) in [5.74, 6) is 0.373. The number of likely N-dealkylation sites (N-methyl/N-ethyl adjacent to an activating group) is 1. The molecule has 2 rings (SSSR count). The fourth-order valence-electron chi connectivity index (χ4n) is 1.88. The topological polar surface area (TPSA) is 84.1 Å². The van der Waals surface area contributed by atoms with Gasteiger partial charge in [-0.1, -0.05) is 6.07 Å². The lowest BCUT2D eigenvalue weighted by molar-refractivity contribution is -0.135. The zero-order valence-electron chi connectivity index (χ0n) is 12.4. The minimum atomic E-state index is -0.927. The molecule has 0 atom stereocenters. The fourth-order valence-corrected chi connectivity index (χ4v) is 2.53. The first-order valence-electron chi connectivity index (χ1n) is 6.71. The standard InChI is InChI=1S/C13H19N5O2S/c1-4-17(9-13(2,3)20)11(19)8-18-15-12(14-16-18)10-6-5-7-21-10/h5-7,20H,4,8-9H2,1-3H3. The number of thiophene rings is 1. The molecule has 2 aromatic heterocycles. The van der Waals surface area contributed by atoms with E-state index in [1.54, 1.807) is 18.7 Å². The number of aliphatic hydroxyl groups is 1. The fraction of sp³-hybridized carbons (Fsp3) is 0.538. The minimum absolute atomic E-state index is 0.0162. The summed E-state index contributed by atoms with van der Waals surface area (Å²) in [5.41, 5.74) is -0.927. The molecule has 1 amide bonds. The molecule has 21 heavy (non-hydrogen) atoms. The molecule has 0 aliphatic carbocycles. The zero-order chi connectivity index (χ0) is 15.5. The van der Waals surface area contributed by atoms with Crippen molar-refractivity contribution in [3.63, 3.8) is 0 Å². The average molecular weight is 309 g/mol. The number of rotatable bonds is 6. The van der Waals surface area contributed by atoms with Crippen LogP contribution in [0.25, 0.3) is 10.7 Å². The molecule has 8 heteroatoms. The summed E-state index contributed by atoms with van der Waals surface area (Å²) in [6.45, 7) is 6.03. The molecular formula is C13H19N5O2S. The van der Waals surface area contributed by atoms with Crippen molar-refractivity contribution in [3.05, 3.63) is 17.5 Å². The smallest absolute Gasteiger partial charge is 0.246 e. The van der Waals surface area contributed by atoms with Crippen molar-refractivity contribution in [2.75, 3.05) is 13.1 Å². The van der Waals surface area contributed by atoms with Gasteiger partial charge in [0.15, 0.2) is 0 Å². The second kappa shape index (κ2) is 6.31. The van der Waals surface area contributed by atoms with Crippen LogP contribution in [0.1, 0.15) is 20.8 Å². The maximum atomic E-state index is 12.2. The van der Waals surface area contributed by atoms with Gasteiger partial charge in [-0.15, -0.1) is 21.5 Å². The largest absolute Gasteiger partial charge is 0.389 e. The molecule has 7 nitrogen and oxygen atoms in total. The van der Waals surface area contributed by atoms with Crippen LogP contribution in [0.3, 0.4) is 0 Å². The number of hydrogen-bond donors (Lipinski definition) is 1. The van der Waals surface area contributed by atoms with Gasteiger partial charge in [0.2, 0.25) is 11.7 Å². The Hall–Kier alpha value is -1.80. The third-order valence-electron chi connectivity index (χ3n) is 2.78. The number of nitrogens with zero attached hydrogens (tertiary/aromatic N) is 5. The molecule has 0 saturated carbocycles. The lowest BCUT2D eigenvalue weighted by atomic mass is 10.1. The highest BCUT2D eigenvalue weighted by molar-refractivity contribution is 7.13. The molecule has 0 bridgehead atoms. The minimum Gasteiger partial charge on any atom is -0.389 e. The summed E-state index contributed by atoms with van der Waals surface area (Å²) >= 11 is 1.52. The number of carbonyl (C=O) groups is 1.